The number of ether oxygens (including phenoxy) is 2. The highest BCUT2D eigenvalue weighted by molar-refractivity contribution is 14.0. The molecule has 7 nitrogen and oxygen atoms in total. The Balaban J connectivity index is 0.00000341. The molecule has 31 heavy (non-hydrogen) atoms. The van der Waals surface area contributed by atoms with Gasteiger partial charge in [0.2, 0.25) is 5.91 Å². The van der Waals surface area contributed by atoms with Gasteiger partial charge in [0.15, 0.2) is 17.5 Å². The van der Waals surface area contributed by atoms with E-state index < -0.39 is 0 Å². The lowest BCUT2D eigenvalue weighted by atomic mass is 10.1. The first-order valence-electron chi connectivity index (χ1n) is 11.3. The monoisotopic (exact) mass is 544 g/mol. The van der Waals surface area contributed by atoms with Crippen LogP contribution < -0.4 is 20.1 Å². The Morgan fingerprint density at radius 2 is 2.00 bits per heavy atom. The van der Waals surface area contributed by atoms with Crippen LogP contribution in [0.1, 0.15) is 57.9 Å². The van der Waals surface area contributed by atoms with E-state index in [9.17, 15) is 4.79 Å². The minimum atomic E-state index is 0. The van der Waals surface area contributed by atoms with E-state index in [0.717, 1.165) is 61.9 Å². The van der Waals surface area contributed by atoms with Crippen molar-refractivity contribution < 1.29 is 14.3 Å². The molecule has 2 fully saturated rings. The van der Waals surface area contributed by atoms with Crippen molar-refractivity contribution in [1.82, 2.24) is 15.5 Å². The van der Waals surface area contributed by atoms with Gasteiger partial charge in [-0.3, -0.25) is 4.79 Å². The van der Waals surface area contributed by atoms with Crippen molar-refractivity contribution in [3.05, 3.63) is 23.8 Å². The Labute approximate surface area is 203 Å². The summed E-state index contributed by atoms with van der Waals surface area (Å²) in [5.41, 5.74) is 1.02. The molecule has 2 aliphatic rings. The third-order valence-electron chi connectivity index (χ3n) is 5.80. The van der Waals surface area contributed by atoms with Crippen molar-refractivity contribution in [3.63, 3.8) is 0 Å². The Morgan fingerprint density at radius 1 is 1.23 bits per heavy atom. The predicted molar refractivity (Wildman–Crippen MR) is 135 cm³/mol. The van der Waals surface area contributed by atoms with Crippen LogP contribution in [-0.2, 0) is 11.3 Å². The molecule has 1 aliphatic heterocycles. The van der Waals surface area contributed by atoms with Crippen LogP contribution in [0.2, 0.25) is 0 Å². The molecule has 1 atom stereocenters. The predicted octanol–water partition coefficient (Wildman–Crippen LogP) is 3.70. The molecule has 1 saturated carbocycles. The average molecular weight is 544 g/mol. The summed E-state index contributed by atoms with van der Waals surface area (Å²) in [7, 11) is 1.68. The van der Waals surface area contributed by atoms with Gasteiger partial charge in [-0.25, -0.2) is 4.99 Å². The maximum atomic E-state index is 11.9. The number of likely N-dealkylation sites (tertiary alicyclic amines) is 1. The number of rotatable bonds is 8. The van der Waals surface area contributed by atoms with E-state index in [1.165, 1.54) is 12.8 Å². The van der Waals surface area contributed by atoms with E-state index in [4.69, 9.17) is 14.5 Å². The van der Waals surface area contributed by atoms with Gasteiger partial charge in [0.05, 0.1) is 19.8 Å². The van der Waals surface area contributed by atoms with Crippen LogP contribution in [0.4, 0.5) is 0 Å². The number of methoxy groups -OCH3 is 1. The number of halogens is 1. The second-order valence-corrected chi connectivity index (χ2v) is 7.99. The molecular weight excluding hydrogens is 507 g/mol. The fraction of sp³-hybridized carbons (Fsp3) is 0.652. The van der Waals surface area contributed by atoms with Gasteiger partial charge in [0.1, 0.15) is 0 Å². The van der Waals surface area contributed by atoms with Gasteiger partial charge in [0.25, 0.3) is 0 Å². The highest BCUT2D eigenvalue weighted by Gasteiger charge is 2.26. The van der Waals surface area contributed by atoms with Crippen LogP contribution in [-0.4, -0.2) is 55.7 Å². The molecular formula is C23H37IN4O3. The highest BCUT2D eigenvalue weighted by atomic mass is 127. The first-order valence-corrected chi connectivity index (χ1v) is 11.3. The third kappa shape index (κ3) is 7.15. The molecule has 1 aliphatic carbocycles. The average Bonchev–Trinajstić information content (AvgIpc) is 3.44. The summed E-state index contributed by atoms with van der Waals surface area (Å²) in [6, 6.07) is 6.20. The number of amides is 1. The molecule has 1 saturated heterocycles. The second-order valence-electron chi connectivity index (χ2n) is 7.99. The fourth-order valence-corrected chi connectivity index (χ4v) is 4.16. The molecule has 0 bridgehead atoms. The molecule has 2 N–H and O–H groups in total. The lowest BCUT2D eigenvalue weighted by Gasteiger charge is -2.20. The fourth-order valence-electron chi connectivity index (χ4n) is 4.16. The number of para-hydroxylation sites is 1. The maximum Gasteiger partial charge on any atom is 0.222 e. The van der Waals surface area contributed by atoms with Crippen molar-refractivity contribution in [3.8, 4) is 11.5 Å². The van der Waals surface area contributed by atoms with Crippen molar-refractivity contribution >= 4 is 35.8 Å². The smallest absolute Gasteiger partial charge is 0.222 e. The summed E-state index contributed by atoms with van der Waals surface area (Å²) >= 11 is 0. The second kappa shape index (κ2) is 13.0. The van der Waals surface area contributed by atoms with Crippen molar-refractivity contribution in [1.29, 1.82) is 0 Å². The van der Waals surface area contributed by atoms with Gasteiger partial charge in [-0.1, -0.05) is 19.1 Å². The van der Waals surface area contributed by atoms with Crippen LogP contribution >= 0.6 is 24.0 Å². The van der Waals surface area contributed by atoms with E-state index in [-0.39, 0.29) is 42.0 Å². The van der Waals surface area contributed by atoms with E-state index in [2.05, 4.69) is 23.6 Å². The number of nitrogens with zero attached hydrogens (tertiary/aromatic N) is 2. The molecule has 1 aromatic rings. The van der Waals surface area contributed by atoms with Crippen LogP contribution in [0.15, 0.2) is 23.2 Å². The van der Waals surface area contributed by atoms with Crippen LogP contribution in [0.3, 0.4) is 0 Å². The summed E-state index contributed by atoms with van der Waals surface area (Å²) in [4.78, 5) is 18.7. The molecule has 0 spiro atoms. The van der Waals surface area contributed by atoms with Gasteiger partial charge in [-0.15, -0.1) is 24.0 Å². The van der Waals surface area contributed by atoms with Crippen molar-refractivity contribution in [2.75, 3.05) is 26.7 Å². The van der Waals surface area contributed by atoms with E-state index in [1.807, 2.05) is 24.0 Å². The lowest BCUT2D eigenvalue weighted by Crippen LogP contribution is -2.45. The molecule has 8 heteroatoms. The molecule has 1 aromatic carbocycles. The minimum absolute atomic E-state index is 0. The SMILES string of the molecule is CCNC(=NCc1cccc(OC)c1OC1CCCC1)NC1CCN(C(=O)CC)C1.I. The number of aliphatic imine (C=N–C) groups is 1. The van der Waals surface area contributed by atoms with Crippen LogP contribution in [0.5, 0.6) is 11.5 Å². The number of benzene rings is 1. The number of carbonyl (C=O) groups is 1. The zero-order valence-corrected chi connectivity index (χ0v) is 21.3. The molecule has 3 rings (SSSR count). The maximum absolute atomic E-state index is 11.9. The Morgan fingerprint density at radius 3 is 2.68 bits per heavy atom. The zero-order valence-electron chi connectivity index (χ0n) is 19.0. The van der Waals surface area contributed by atoms with Gasteiger partial charge < -0.3 is 25.0 Å². The van der Waals surface area contributed by atoms with Gasteiger partial charge in [-0.05, 0) is 45.1 Å². The minimum Gasteiger partial charge on any atom is -0.493 e. The normalized spacial score (nSPS) is 19.1. The molecule has 1 heterocycles. The highest BCUT2D eigenvalue weighted by Crippen LogP contribution is 2.35. The Kier molecular flexibility index (Phi) is 10.7. The number of hydrogen-bond donors (Lipinski definition) is 2. The zero-order chi connectivity index (χ0) is 21.3. The summed E-state index contributed by atoms with van der Waals surface area (Å²) < 4.78 is 11.9. The molecule has 1 amide bonds. The lowest BCUT2D eigenvalue weighted by molar-refractivity contribution is -0.129. The number of nitrogens with one attached hydrogen (secondary N) is 2. The number of hydrogen-bond acceptors (Lipinski definition) is 4. The molecule has 1 unspecified atom stereocenters. The van der Waals surface area contributed by atoms with Crippen LogP contribution in [0.25, 0.3) is 0 Å². The largest absolute Gasteiger partial charge is 0.493 e. The van der Waals surface area contributed by atoms with Gasteiger partial charge in [0, 0.05) is 37.7 Å². The Bertz CT molecular complexity index is 738. The first kappa shape index (κ1) is 25.5. The van der Waals surface area contributed by atoms with Crippen LogP contribution in [0, 0.1) is 0 Å². The summed E-state index contributed by atoms with van der Waals surface area (Å²) in [6.45, 7) is 6.77. The number of guanidine groups is 1. The van der Waals surface area contributed by atoms with Gasteiger partial charge >= 0.3 is 0 Å². The van der Waals surface area contributed by atoms with Crippen molar-refractivity contribution in [2.45, 2.75) is 71.1 Å². The third-order valence-corrected chi connectivity index (χ3v) is 5.80. The van der Waals surface area contributed by atoms with Gasteiger partial charge in [-0.2, -0.15) is 0 Å². The van der Waals surface area contributed by atoms with E-state index in [1.54, 1.807) is 7.11 Å². The topological polar surface area (TPSA) is 75.2 Å². The van der Waals surface area contributed by atoms with E-state index in [0.29, 0.717) is 13.0 Å². The van der Waals surface area contributed by atoms with E-state index >= 15 is 0 Å². The summed E-state index contributed by atoms with van der Waals surface area (Å²) in [5.74, 6) is 2.55. The summed E-state index contributed by atoms with van der Waals surface area (Å²) in [6.07, 6.45) is 6.39. The van der Waals surface area contributed by atoms with Crippen molar-refractivity contribution in [2.24, 2.45) is 4.99 Å². The first-order chi connectivity index (χ1) is 14.6. The summed E-state index contributed by atoms with van der Waals surface area (Å²) in [5, 5.41) is 6.81. The number of carbonyl (C=O) groups excluding carboxylic acids is 1. The standard InChI is InChI=1S/C23H36N4O3.HI/c1-4-21(28)27-14-13-18(16-27)26-23(24-5-2)25-15-17-9-8-12-20(29-3)22(17)30-19-10-6-7-11-19;/h8-9,12,18-19H,4-7,10-11,13-16H2,1-3H3,(H2,24,25,26);1H. The Hall–Kier alpha value is -1.71. The molecule has 174 valence electrons. The molecule has 0 radical (unpaired) electrons. The molecule has 0 aromatic heterocycles. The quantitative estimate of drug-likeness (QED) is 0.297.